The molecule has 4 heteroatoms. The molecule has 0 N–H and O–H groups in total. The quantitative estimate of drug-likeness (QED) is 0.186. The number of aromatic nitrogens is 2. The number of fused-ring (bicyclic) bond motifs is 7. The van der Waals surface area contributed by atoms with Gasteiger partial charge in [0, 0.05) is 44.5 Å². The van der Waals surface area contributed by atoms with Gasteiger partial charge in [-0.05, 0) is 82.9 Å². The molecule has 0 saturated heterocycles. The lowest BCUT2D eigenvalue weighted by Gasteiger charge is -2.26. The van der Waals surface area contributed by atoms with Crippen molar-refractivity contribution in [1.29, 1.82) is 0 Å². The highest BCUT2D eigenvalue weighted by atomic mass is 32.1. The summed E-state index contributed by atoms with van der Waals surface area (Å²) >= 11 is 1.76. The monoisotopic (exact) mass is 643 g/mol. The maximum Gasteiger partial charge on any atom is 0.124 e. The number of rotatable bonds is 5. The van der Waals surface area contributed by atoms with Gasteiger partial charge >= 0.3 is 0 Å². The van der Waals surface area contributed by atoms with Crippen LogP contribution in [0, 0.1) is 0 Å². The van der Waals surface area contributed by atoms with Gasteiger partial charge in [-0.1, -0.05) is 109 Å². The molecule has 10 rings (SSSR count). The van der Waals surface area contributed by atoms with Gasteiger partial charge in [-0.25, -0.2) is 4.98 Å². The molecule has 0 spiro atoms. The Labute approximate surface area is 287 Å². The molecule has 0 bridgehead atoms. The Bertz CT molecular complexity index is 2820. The third-order valence-corrected chi connectivity index (χ3v) is 10.7. The fourth-order valence-corrected chi connectivity index (χ4v) is 8.34. The molecule has 3 nitrogen and oxygen atoms in total. The molecule has 0 aliphatic carbocycles. The average Bonchev–Trinajstić information content (AvgIpc) is 3.75. The normalized spacial score (nSPS) is 11.7. The molecule has 49 heavy (non-hydrogen) atoms. The number of hydrogen-bond acceptors (Lipinski definition) is 3. The Balaban J connectivity index is 1.21. The summed E-state index contributed by atoms with van der Waals surface area (Å²) in [7, 11) is 0. The van der Waals surface area contributed by atoms with E-state index in [1.807, 2.05) is 0 Å². The third kappa shape index (κ3) is 4.61. The van der Waals surface area contributed by atoms with E-state index < -0.39 is 0 Å². The minimum absolute atomic E-state index is 1.03. The zero-order valence-corrected chi connectivity index (χ0v) is 27.3. The smallest absolute Gasteiger partial charge is 0.124 e. The molecule has 2 aromatic heterocycles. The van der Waals surface area contributed by atoms with Gasteiger partial charge < -0.3 is 9.47 Å². The standard InChI is InChI=1S/C45H29N3S/c1-4-12-31(13-5-1)45-46-41-25-21-30-20-22-36(28-39(30)44(41)49-45)47(34-16-6-2-7-17-34)37-23-24-38-40-26-32-14-10-11-15-33(32)27-42(40)48(43(38)29-37)35-18-8-3-9-19-35/h1-29H. The van der Waals surface area contributed by atoms with Gasteiger partial charge in [-0.2, -0.15) is 0 Å². The van der Waals surface area contributed by atoms with Crippen molar-refractivity contribution in [2.24, 2.45) is 0 Å². The van der Waals surface area contributed by atoms with Gasteiger partial charge in [0.05, 0.1) is 21.3 Å². The summed E-state index contributed by atoms with van der Waals surface area (Å²) in [6.45, 7) is 0. The van der Waals surface area contributed by atoms with Crippen LogP contribution in [0.3, 0.4) is 0 Å². The third-order valence-electron chi connectivity index (χ3n) is 9.54. The van der Waals surface area contributed by atoms with Crippen LogP contribution in [-0.4, -0.2) is 9.55 Å². The maximum absolute atomic E-state index is 5.04. The van der Waals surface area contributed by atoms with Gasteiger partial charge in [-0.15, -0.1) is 11.3 Å². The SMILES string of the molecule is c1ccc(-c2nc3ccc4ccc(N(c5ccccc5)c5ccc6c7cc8ccccc8cc7n(-c7ccccc7)c6c5)cc4c3s2)cc1. The molecular weight excluding hydrogens is 615 g/mol. The predicted octanol–water partition coefficient (Wildman–Crippen LogP) is 12.8. The van der Waals surface area contributed by atoms with Gasteiger partial charge in [0.25, 0.3) is 0 Å². The Kier molecular flexibility index (Phi) is 6.36. The predicted molar refractivity (Wildman–Crippen MR) is 209 cm³/mol. The Hall–Kier alpha value is -6.23. The highest BCUT2D eigenvalue weighted by Gasteiger charge is 2.19. The molecule has 0 aliphatic heterocycles. The van der Waals surface area contributed by atoms with E-state index in [1.165, 1.54) is 48.1 Å². The van der Waals surface area contributed by atoms with E-state index in [0.717, 1.165) is 38.8 Å². The van der Waals surface area contributed by atoms with Crippen LogP contribution in [-0.2, 0) is 0 Å². The van der Waals surface area contributed by atoms with E-state index in [1.54, 1.807) is 11.3 Å². The van der Waals surface area contributed by atoms with Crippen LogP contribution < -0.4 is 4.90 Å². The van der Waals surface area contributed by atoms with Crippen LogP contribution in [0.15, 0.2) is 176 Å². The molecule has 0 atom stereocenters. The van der Waals surface area contributed by atoms with Crippen molar-refractivity contribution in [3.05, 3.63) is 176 Å². The van der Waals surface area contributed by atoms with E-state index in [4.69, 9.17) is 4.98 Å². The van der Waals surface area contributed by atoms with Crippen molar-refractivity contribution in [2.45, 2.75) is 0 Å². The number of hydrogen-bond donors (Lipinski definition) is 0. The molecule has 8 aromatic carbocycles. The second-order valence-corrected chi connectivity index (χ2v) is 13.5. The van der Waals surface area contributed by atoms with Crippen LogP contribution >= 0.6 is 11.3 Å². The molecule has 0 saturated carbocycles. The highest BCUT2D eigenvalue weighted by Crippen LogP contribution is 2.43. The second kappa shape index (κ2) is 11.2. The van der Waals surface area contributed by atoms with Crippen LogP contribution in [0.1, 0.15) is 0 Å². The first kappa shape index (κ1) is 27.8. The lowest BCUT2D eigenvalue weighted by molar-refractivity contribution is 1.18. The second-order valence-electron chi connectivity index (χ2n) is 12.5. The highest BCUT2D eigenvalue weighted by molar-refractivity contribution is 7.22. The zero-order chi connectivity index (χ0) is 32.3. The Morgan fingerprint density at radius 3 is 1.88 bits per heavy atom. The first-order valence-electron chi connectivity index (χ1n) is 16.5. The molecule has 230 valence electrons. The Morgan fingerprint density at radius 2 is 1.08 bits per heavy atom. The average molecular weight is 644 g/mol. The van der Waals surface area contributed by atoms with Crippen molar-refractivity contribution in [1.82, 2.24) is 9.55 Å². The zero-order valence-electron chi connectivity index (χ0n) is 26.5. The summed E-state index contributed by atoms with van der Waals surface area (Å²) in [6.07, 6.45) is 0. The lowest BCUT2D eigenvalue weighted by Crippen LogP contribution is -2.10. The lowest BCUT2D eigenvalue weighted by atomic mass is 10.1. The minimum Gasteiger partial charge on any atom is -0.310 e. The molecule has 0 amide bonds. The molecule has 0 fully saturated rings. The molecule has 0 radical (unpaired) electrons. The first-order valence-corrected chi connectivity index (χ1v) is 17.4. The van der Waals surface area contributed by atoms with Gasteiger partial charge in [-0.3, -0.25) is 0 Å². The fourth-order valence-electron chi connectivity index (χ4n) is 7.25. The summed E-state index contributed by atoms with van der Waals surface area (Å²) < 4.78 is 3.62. The van der Waals surface area contributed by atoms with E-state index in [0.29, 0.717) is 0 Å². The number of benzene rings is 8. The van der Waals surface area contributed by atoms with E-state index in [-0.39, 0.29) is 0 Å². The van der Waals surface area contributed by atoms with Gasteiger partial charge in [0.2, 0.25) is 0 Å². The summed E-state index contributed by atoms with van der Waals surface area (Å²) in [5.41, 5.74) is 9.01. The number of para-hydroxylation sites is 2. The van der Waals surface area contributed by atoms with Crippen LogP contribution in [0.4, 0.5) is 17.1 Å². The minimum atomic E-state index is 1.03. The van der Waals surface area contributed by atoms with E-state index in [9.17, 15) is 0 Å². The largest absolute Gasteiger partial charge is 0.310 e. The van der Waals surface area contributed by atoms with Gasteiger partial charge in [0.1, 0.15) is 5.01 Å². The van der Waals surface area contributed by atoms with Crippen molar-refractivity contribution >= 4 is 82.0 Å². The summed E-state index contributed by atoms with van der Waals surface area (Å²) in [4.78, 5) is 7.41. The van der Waals surface area contributed by atoms with Crippen molar-refractivity contribution in [3.8, 4) is 16.3 Å². The van der Waals surface area contributed by atoms with Crippen LogP contribution in [0.25, 0.3) is 69.8 Å². The molecule has 0 unspecified atom stereocenters. The number of anilines is 3. The van der Waals surface area contributed by atoms with Crippen molar-refractivity contribution in [2.75, 3.05) is 4.90 Å². The first-order chi connectivity index (χ1) is 24.3. The molecule has 0 aliphatic rings. The molecular formula is C45H29N3S. The van der Waals surface area contributed by atoms with Gasteiger partial charge in [0.15, 0.2) is 0 Å². The maximum atomic E-state index is 5.04. The number of thiazole rings is 1. The van der Waals surface area contributed by atoms with E-state index >= 15 is 0 Å². The van der Waals surface area contributed by atoms with Crippen molar-refractivity contribution in [3.63, 3.8) is 0 Å². The molecule has 10 aromatic rings. The van der Waals surface area contributed by atoms with E-state index in [2.05, 4.69) is 185 Å². The van der Waals surface area contributed by atoms with Crippen LogP contribution in [0.5, 0.6) is 0 Å². The topological polar surface area (TPSA) is 21.1 Å². The number of nitrogens with zero attached hydrogens (tertiary/aromatic N) is 3. The summed E-state index contributed by atoms with van der Waals surface area (Å²) in [5, 5.41) is 8.43. The van der Waals surface area contributed by atoms with Crippen molar-refractivity contribution < 1.29 is 0 Å². The molecule has 2 heterocycles. The summed E-state index contributed by atoms with van der Waals surface area (Å²) in [6, 6.07) is 63.3. The summed E-state index contributed by atoms with van der Waals surface area (Å²) in [5.74, 6) is 0. The van der Waals surface area contributed by atoms with Crippen LogP contribution in [0.2, 0.25) is 0 Å². The Morgan fingerprint density at radius 1 is 0.449 bits per heavy atom. The fraction of sp³-hybridized carbons (Fsp3) is 0.